The largest absolute Gasteiger partial charge is 0.355 e. The zero-order valence-corrected chi connectivity index (χ0v) is 18.8. The molecule has 1 aromatic rings. The Morgan fingerprint density at radius 1 is 1.30 bits per heavy atom. The Kier molecular flexibility index (Phi) is 6.93. The first-order valence-electron chi connectivity index (χ1n) is 10.0. The molecule has 2 aliphatic rings. The first-order valence-corrected chi connectivity index (χ1v) is 10.8. The van der Waals surface area contributed by atoms with Gasteiger partial charge in [0.25, 0.3) is 5.91 Å². The number of nitrogens with zero attached hydrogens (tertiary/aromatic N) is 2. The SMILES string of the molecule is CCN1C(=O)NC(c2ccc(Cl)cc2Cl)C2=C1CN(CC(=O)NCCC(C)C)C2=O. The molecule has 9 heteroatoms. The molecule has 1 unspecified atom stereocenters. The molecular weight excluding hydrogens is 427 g/mol. The van der Waals surface area contributed by atoms with Crippen molar-refractivity contribution in [2.75, 3.05) is 26.2 Å². The lowest BCUT2D eigenvalue weighted by atomic mass is 9.95. The Morgan fingerprint density at radius 3 is 2.67 bits per heavy atom. The molecule has 3 rings (SSSR count). The third-order valence-corrected chi connectivity index (χ3v) is 5.83. The second kappa shape index (κ2) is 9.27. The molecule has 2 aliphatic heterocycles. The van der Waals surface area contributed by atoms with Crippen molar-refractivity contribution in [3.8, 4) is 0 Å². The number of amides is 4. The van der Waals surface area contributed by atoms with Crippen molar-refractivity contribution >= 4 is 41.0 Å². The van der Waals surface area contributed by atoms with Gasteiger partial charge in [-0.25, -0.2) is 4.79 Å². The Labute approximate surface area is 186 Å². The van der Waals surface area contributed by atoms with Gasteiger partial charge in [0.05, 0.1) is 23.9 Å². The van der Waals surface area contributed by atoms with Gasteiger partial charge in [0, 0.05) is 23.1 Å². The first-order chi connectivity index (χ1) is 14.2. The Morgan fingerprint density at radius 2 is 2.03 bits per heavy atom. The van der Waals surface area contributed by atoms with Gasteiger partial charge >= 0.3 is 6.03 Å². The highest BCUT2D eigenvalue weighted by molar-refractivity contribution is 6.35. The number of urea groups is 1. The highest BCUT2D eigenvalue weighted by Crippen LogP contribution is 2.39. The van der Waals surface area contributed by atoms with Crippen molar-refractivity contribution in [2.45, 2.75) is 33.2 Å². The molecule has 0 radical (unpaired) electrons. The molecule has 0 aliphatic carbocycles. The molecule has 0 bridgehead atoms. The quantitative estimate of drug-likeness (QED) is 0.665. The number of hydrogen-bond acceptors (Lipinski definition) is 3. The summed E-state index contributed by atoms with van der Waals surface area (Å²) in [5, 5.41) is 6.55. The van der Waals surface area contributed by atoms with Crippen molar-refractivity contribution < 1.29 is 14.4 Å². The Hall–Kier alpha value is -2.25. The van der Waals surface area contributed by atoms with E-state index in [0.717, 1.165) is 6.42 Å². The molecule has 0 saturated carbocycles. The molecule has 0 saturated heterocycles. The number of carbonyl (C=O) groups is 3. The van der Waals surface area contributed by atoms with Crippen LogP contribution in [-0.4, -0.2) is 53.8 Å². The van der Waals surface area contributed by atoms with E-state index in [0.29, 0.717) is 45.9 Å². The smallest absolute Gasteiger partial charge is 0.322 e. The van der Waals surface area contributed by atoms with Crippen LogP contribution in [0.5, 0.6) is 0 Å². The average Bonchev–Trinajstić information content (AvgIpc) is 2.97. The van der Waals surface area contributed by atoms with Crippen LogP contribution in [0.15, 0.2) is 29.5 Å². The predicted molar refractivity (Wildman–Crippen MR) is 116 cm³/mol. The van der Waals surface area contributed by atoms with Gasteiger partial charge in [0.15, 0.2) is 0 Å². The fourth-order valence-electron chi connectivity index (χ4n) is 3.71. The predicted octanol–water partition coefficient (Wildman–Crippen LogP) is 3.34. The number of rotatable bonds is 7. The fourth-order valence-corrected chi connectivity index (χ4v) is 4.23. The van der Waals surface area contributed by atoms with E-state index in [9.17, 15) is 14.4 Å². The lowest BCUT2D eigenvalue weighted by molar-refractivity contribution is -0.131. The molecule has 0 aromatic heterocycles. The second-order valence-electron chi connectivity index (χ2n) is 7.85. The molecule has 2 heterocycles. The summed E-state index contributed by atoms with van der Waals surface area (Å²) < 4.78 is 0. The molecule has 7 nitrogen and oxygen atoms in total. The minimum Gasteiger partial charge on any atom is -0.355 e. The Bertz CT molecular complexity index is 900. The van der Waals surface area contributed by atoms with Crippen LogP contribution in [0.1, 0.15) is 38.8 Å². The molecule has 1 atom stereocenters. The average molecular weight is 453 g/mol. The van der Waals surface area contributed by atoms with E-state index >= 15 is 0 Å². The molecule has 30 heavy (non-hydrogen) atoms. The van der Waals surface area contributed by atoms with E-state index in [4.69, 9.17) is 23.2 Å². The summed E-state index contributed by atoms with van der Waals surface area (Å²) in [6, 6.07) is 3.96. The topological polar surface area (TPSA) is 81.8 Å². The third kappa shape index (κ3) is 4.57. The fraction of sp³-hybridized carbons (Fsp3) is 0.476. The molecule has 162 valence electrons. The number of halogens is 2. The van der Waals surface area contributed by atoms with Gasteiger partial charge in [-0.05, 0) is 37.0 Å². The summed E-state index contributed by atoms with van der Waals surface area (Å²) in [4.78, 5) is 41.2. The molecule has 0 spiro atoms. The summed E-state index contributed by atoms with van der Waals surface area (Å²) in [7, 11) is 0. The van der Waals surface area contributed by atoms with Crippen molar-refractivity contribution in [1.82, 2.24) is 20.4 Å². The molecule has 4 amide bonds. The lowest BCUT2D eigenvalue weighted by Crippen LogP contribution is -2.47. The standard InChI is InChI=1S/C21H26Cl2N4O3/c1-4-27-16-10-26(11-17(28)24-8-7-12(2)3)20(29)18(16)19(25-21(27)30)14-6-5-13(22)9-15(14)23/h5-6,9,12,19H,4,7-8,10-11H2,1-3H3,(H,24,28)(H,25,30). The van der Waals surface area contributed by atoms with E-state index in [-0.39, 0.29) is 30.9 Å². The minimum absolute atomic E-state index is 0.0588. The summed E-state index contributed by atoms with van der Waals surface area (Å²) in [5.41, 5.74) is 1.64. The second-order valence-corrected chi connectivity index (χ2v) is 8.69. The normalized spacial score (nSPS) is 18.8. The maximum atomic E-state index is 13.2. The van der Waals surface area contributed by atoms with Gasteiger partial charge in [-0.3, -0.25) is 14.5 Å². The van der Waals surface area contributed by atoms with Crippen LogP contribution in [0.25, 0.3) is 0 Å². The van der Waals surface area contributed by atoms with Gasteiger partial charge in [-0.15, -0.1) is 0 Å². The lowest BCUT2D eigenvalue weighted by Gasteiger charge is -2.33. The van der Waals surface area contributed by atoms with Crippen LogP contribution in [0, 0.1) is 5.92 Å². The van der Waals surface area contributed by atoms with Gasteiger partial charge < -0.3 is 15.5 Å². The van der Waals surface area contributed by atoms with Crippen molar-refractivity contribution in [3.63, 3.8) is 0 Å². The number of carbonyl (C=O) groups excluding carboxylic acids is 3. The summed E-state index contributed by atoms with van der Waals surface area (Å²) in [6.07, 6.45) is 0.869. The van der Waals surface area contributed by atoms with E-state index in [1.165, 1.54) is 9.80 Å². The highest BCUT2D eigenvalue weighted by Gasteiger charge is 2.44. The van der Waals surface area contributed by atoms with Crippen LogP contribution in [0.4, 0.5) is 4.79 Å². The van der Waals surface area contributed by atoms with Crippen molar-refractivity contribution in [1.29, 1.82) is 0 Å². The molecule has 2 N–H and O–H groups in total. The van der Waals surface area contributed by atoms with Gasteiger partial charge in [0.2, 0.25) is 5.91 Å². The molecule has 0 fully saturated rings. The van der Waals surface area contributed by atoms with Gasteiger partial charge in [0.1, 0.15) is 6.54 Å². The number of benzene rings is 1. The van der Waals surface area contributed by atoms with Gasteiger partial charge in [-0.1, -0.05) is 43.1 Å². The van der Waals surface area contributed by atoms with Crippen LogP contribution >= 0.6 is 23.2 Å². The van der Waals surface area contributed by atoms with E-state index in [1.54, 1.807) is 18.2 Å². The summed E-state index contributed by atoms with van der Waals surface area (Å²) in [5.74, 6) is -0.0153. The van der Waals surface area contributed by atoms with Crippen molar-refractivity contribution in [3.05, 3.63) is 45.1 Å². The minimum atomic E-state index is -0.693. The van der Waals surface area contributed by atoms with E-state index in [1.807, 2.05) is 6.92 Å². The summed E-state index contributed by atoms with van der Waals surface area (Å²) >= 11 is 12.4. The number of nitrogens with one attached hydrogen (secondary N) is 2. The summed E-state index contributed by atoms with van der Waals surface area (Å²) in [6.45, 7) is 7.12. The monoisotopic (exact) mass is 452 g/mol. The van der Waals surface area contributed by atoms with Crippen LogP contribution in [0.3, 0.4) is 0 Å². The number of likely N-dealkylation sites (N-methyl/N-ethyl adjacent to an activating group) is 1. The highest BCUT2D eigenvalue weighted by atomic mass is 35.5. The molecular formula is C21H26Cl2N4O3. The Balaban J connectivity index is 1.84. The third-order valence-electron chi connectivity index (χ3n) is 5.26. The maximum Gasteiger partial charge on any atom is 0.322 e. The van der Waals surface area contributed by atoms with E-state index in [2.05, 4.69) is 24.5 Å². The first kappa shape index (κ1) is 22.4. The van der Waals surface area contributed by atoms with E-state index < -0.39 is 6.04 Å². The zero-order chi connectivity index (χ0) is 22.0. The zero-order valence-electron chi connectivity index (χ0n) is 17.3. The maximum absolute atomic E-state index is 13.2. The van der Waals surface area contributed by atoms with Crippen molar-refractivity contribution in [2.24, 2.45) is 5.92 Å². The van der Waals surface area contributed by atoms with Crippen LogP contribution in [-0.2, 0) is 9.59 Å². The van der Waals surface area contributed by atoms with Crippen LogP contribution in [0.2, 0.25) is 10.0 Å². The number of hydrogen-bond donors (Lipinski definition) is 2. The van der Waals surface area contributed by atoms with Crippen LogP contribution < -0.4 is 10.6 Å². The molecule has 1 aromatic carbocycles. The van der Waals surface area contributed by atoms with Gasteiger partial charge in [-0.2, -0.15) is 0 Å².